The largest absolute Gasteiger partial charge is 0.504 e. The number of hydrogen-bond acceptors (Lipinski definition) is 8. The Labute approximate surface area is 328 Å². The van der Waals surface area contributed by atoms with Crippen LogP contribution in [0, 0.1) is 0 Å². The smallest absolute Gasteiger partial charge is 0.232 e. The summed E-state index contributed by atoms with van der Waals surface area (Å²) >= 11 is 0. The lowest BCUT2D eigenvalue weighted by molar-refractivity contribution is -0.122. The van der Waals surface area contributed by atoms with Gasteiger partial charge in [0.1, 0.15) is 0 Å². The third-order valence-electron chi connectivity index (χ3n) is 9.74. The van der Waals surface area contributed by atoms with Gasteiger partial charge in [0.2, 0.25) is 23.1 Å². The molecule has 0 unspecified atom stereocenters. The Balaban J connectivity index is 2.08. The molecule has 8 nitrogen and oxygen atoms in total. The van der Waals surface area contributed by atoms with Crippen molar-refractivity contribution in [3.8, 4) is 0 Å². The van der Waals surface area contributed by atoms with Crippen LogP contribution in [0.4, 0.5) is 0 Å². The predicted octanol–water partition coefficient (Wildman–Crippen LogP) is 11.9. The van der Waals surface area contributed by atoms with E-state index < -0.39 is 57.3 Å². The maximum atomic E-state index is 13.3. The van der Waals surface area contributed by atoms with Gasteiger partial charge in [0.25, 0.3) is 0 Å². The van der Waals surface area contributed by atoms with Crippen LogP contribution in [-0.2, 0) is 19.2 Å². The Bertz CT molecular complexity index is 1860. The van der Waals surface area contributed by atoms with E-state index in [1.165, 1.54) is 27.9 Å². The SMILES string of the molecule is CC(C)=CCCC(C)=CCCC(C)=CCCC(C)=CCC1=C(O)C(=O)C(C2=C(O)C(=O)C(CC=C(C)CCC=C(C)CCC=C(C)C)=C(O)C2=O)=C(O)C1=O. The first kappa shape index (κ1) is 46.2. The zero-order chi connectivity index (χ0) is 41.4. The van der Waals surface area contributed by atoms with Crippen LogP contribution < -0.4 is 0 Å². The van der Waals surface area contributed by atoms with E-state index in [1.54, 1.807) is 12.2 Å². The molecule has 298 valence electrons. The van der Waals surface area contributed by atoms with Crippen LogP contribution in [-0.4, -0.2) is 43.6 Å². The van der Waals surface area contributed by atoms with Crippen LogP contribution in [0.1, 0.15) is 139 Å². The van der Waals surface area contributed by atoms with E-state index in [4.69, 9.17) is 0 Å². The summed E-state index contributed by atoms with van der Waals surface area (Å²) in [6.07, 6.45) is 22.9. The number of allylic oxidation sites excluding steroid dienone is 18. The molecular weight excluding hydrogens is 693 g/mol. The number of carbonyl (C=O) groups excluding carboxylic acids is 4. The number of aliphatic hydroxyl groups is 4. The quantitative estimate of drug-likeness (QED) is 0.0709. The van der Waals surface area contributed by atoms with Gasteiger partial charge in [0.15, 0.2) is 23.0 Å². The third-order valence-corrected chi connectivity index (χ3v) is 9.74. The molecule has 0 amide bonds. The second-order valence-corrected chi connectivity index (χ2v) is 15.3. The summed E-state index contributed by atoms with van der Waals surface area (Å²) in [6.45, 7) is 18.4. The third kappa shape index (κ3) is 14.3. The maximum absolute atomic E-state index is 13.3. The summed E-state index contributed by atoms with van der Waals surface area (Å²) < 4.78 is 0. The zero-order valence-corrected chi connectivity index (χ0v) is 34.4. The van der Waals surface area contributed by atoms with E-state index in [0.717, 1.165) is 62.5 Å². The molecule has 8 heteroatoms. The van der Waals surface area contributed by atoms with Crippen molar-refractivity contribution in [2.45, 2.75) is 139 Å². The summed E-state index contributed by atoms with van der Waals surface area (Å²) in [4.78, 5) is 52.9. The summed E-state index contributed by atoms with van der Waals surface area (Å²) in [5, 5.41) is 43.2. The van der Waals surface area contributed by atoms with Gasteiger partial charge in [-0.05, 0) is 139 Å². The number of hydrogen-bond donors (Lipinski definition) is 4. The molecule has 0 radical (unpaired) electrons. The van der Waals surface area contributed by atoms with Crippen LogP contribution in [0.25, 0.3) is 0 Å². The first-order valence-electron chi connectivity index (χ1n) is 19.3. The number of aliphatic hydroxyl groups excluding tert-OH is 4. The fraction of sp³-hybridized carbons (Fsp3) is 0.447. The summed E-state index contributed by atoms with van der Waals surface area (Å²) in [5.74, 6) is -9.25. The van der Waals surface area contributed by atoms with Gasteiger partial charge in [-0.2, -0.15) is 0 Å². The molecule has 0 atom stereocenters. The molecule has 0 aromatic rings. The van der Waals surface area contributed by atoms with Gasteiger partial charge in [-0.1, -0.05) is 81.5 Å². The van der Waals surface area contributed by atoms with Gasteiger partial charge in [-0.25, -0.2) is 0 Å². The van der Waals surface area contributed by atoms with Gasteiger partial charge in [-0.3, -0.25) is 19.2 Å². The normalized spacial score (nSPS) is 16.9. The minimum absolute atomic E-state index is 0.161. The van der Waals surface area contributed by atoms with Crippen molar-refractivity contribution in [1.82, 2.24) is 0 Å². The van der Waals surface area contributed by atoms with Crippen LogP contribution >= 0.6 is 0 Å². The second kappa shape index (κ2) is 22.4. The lowest BCUT2D eigenvalue weighted by Gasteiger charge is -2.22. The first-order chi connectivity index (χ1) is 25.9. The summed E-state index contributed by atoms with van der Waals surface area (Å²) in [6, 6.07) is 0. The lowest BCUT2D eigenvalue weighted by atomic mass is 9.81. The van der Waals surface area contributed by atoms with Crippen molar-refractivity contribution in [2.24, 2.45) is 0 Å². The molecule has 0 fully saturated rings. The molecule has 0 saturated heterocycles. The Morgan fingerprint density at radius 1 is 0.364 bits per heavy atom. The van der Waals surface area contributed by atoms with E-state index in [9.17, 15) is 39.6 Å². The van der Waals surface area contributed by atoms with E-state index in [2.05, 4.69) is 78.8 Å². The van der Waals surface area contributed by atoms with E-state index in [0.29, 0.717) is 12.8 Å². The number of carbonyl (C=O) groups is 4. The topological polar surface area (TPSA) is 149 Å². The molecule has 0 aromatic carbocycles. The molecule has 0 spiro atoms. The Hall–Kier alpha value is -4.98. The number of rotatable bonds is 20. The Morgan fingerprint density at radius 3 is 0.891 bits per heavy atom. The highest BCUT2D eigenvalue weighted by molar-refractivity contribution is 6.33. The molecule has 2 aliphatic rings. The van der Waals surface area contributed by atoms with Crippen LogP contribution in [0.15, 0.2) is 127 Å². The molecule has 2 aliphatic carbocycles. The molecule has 4 N–H and O–H groups in total. The molecular formula is C47H62O8. The molecule has 0 saturated carbocycles. The maximum Gasteiger partial charge on any atom is 0.232 e. The zero-order valence-electron chi connectivity index (χ0n) is 34.4. The predicted molar refractivity (Wildman–Crippen MR) is 222 cm³/mol. The second-order valence-electron chi connectivity index (χ2n) is 15.3. The molecule has 0 aliphatic heterocycles. The highest BCUT2D eigenvalue weighted by Crippen LogP contribution is 2.35. The van der Waals surface area contributed by atoms with Crippen molar-refractivity contribution >= 4 is 23.1 Å². The van der Waals surface area contributed by atoms with Crippen molar-refractivity contribution in [3.63, 3.8) is 0 Å². The van der Waals surface area contributed by atoms with Gasteiger partial charge in [0.05, 0.1) is 22.3 Å². The fourth-order valence-corrected chi connectivity index (χ4v) is 6.18. The van der Waals surface area contributed by atoms with Crippen molar-refractivity contribution < 1.29 is 39.6 Å². The molecule has 0 aromatic heterocycles. The van der Waals surface area contributed by atoms with E-state index in [-0.39, 0.29) is 24.0 Å². The van der Waals surface area contributed by atoms with Gasteiger partial charge in [0, 0.05) is 0 Å². The highest BCUT2D eigenvalue weighted by Gasteiger charge is 2.44. The minimum atomic E-state index is -1.31. The number of Topliss-reactive ketones (excluding diaryl/α,β-unsaturated/α-hetero) is 4. The molecule has 55 heavy (non-hydrogen) atoms. The van der Waals surface area contributed by atoms with Crippen LogP contribution in [0.3, 0.4) is 0 Å². The Kier molecular flexibility index (Phi) is 18.8. The fourth-order valence-electron chi connectivity index (χ4n) is 6.18. The Morgan fingerprint density at radius 2 is 0.618 bits per heavy atom. The van der Waals surface area contributed by atoms with Crippen LogP contribution in [0.5, 0.6) is 0 Å². The monoisotopic (exact) mass is 754 g/mol. The van der Waals surface area contributed by atoms with Crippen molar-refractivity contribution in [1.29, 1.82) is 0 Å². The molecule has 0 heterocycles. The van der Waals surface area contributed by atoms with Crippen LogP contribution in [0.2, 0.25) is 0 Å². The average Bonchev–Trinajstić information content (AvgIpc) is 3.11. The summed E-state index contributed by atoms with van der Waals surface area (Å²) in [5.41, 5.74) is 5.52. The highest BCUT2D eigenvalue weighted by atomic mass is 16.3. The molecule has 2 rings (SSSR count). The minimum Gasteiger partial charge on any atom is -0.504 e. The van der Waals surface area contributed by atoms with Gasteiger partial charge >= 0.3 is 0 Å². The summed E-state index contributed by atoms with van der Waals surface area (Å²) in [7, 11) is 0. The van der Waals surface area contributed by atoms with E-state index in [1.807, 2.05) is 13.8 Å². The van der Waals surface area contributed by atoms with E-state index >= 15 is 0 Å². The van der Waals surface area contributed by atoms with Gasteiger partial charge in [-0.15, -0.1) is 0 Å². The van der Waals surface area contributed by atoms with Crippen molar-refractivity contribution in [2.75, 3.05) is 0 Å². The van der Waals surface area contributed by atoms with Gasteiger partial charge < -0.3 is 20.4 Å². The lowest BCUT2D eigenvalue weighted by Crippen LogP contribution is -2.32. The first-order valence-corrected chi connectivity index (χ1v) is 19.3. The molecule has 0 bridgehead atoms. The van der Waals surface area contributed by atoms with Crippen molar-refractivity contribution in [3.05, 3.63) is 127 Å². The number of ketones is 4. The standard InChI is InChI=1S/C47H62O8/c1-29(2)15-10-17-31(5)19-12-20-33(7)22-14-24-35(9)26-28-37-42(50)46(54)39(47(55)43(37)51)38-44(52)40(48)36(41(49)45(38)53)27-25-34(8)23-13-21-32(6)18-11-16-30(3)4/h15-16,19,21-22,25-26,48,50,53,55H,10-14,17-18,20,23-24,27-28H2,1-9H3. The average molecular weight is 755 g/mol.